The molecule has 23 heavy (non-hydrogen) atoms. The van der Waals surface area contributed by atoms with Crippen molar-refractivity contribution >= 4 is 41.8 Å². The molecule has 128 valence electrons. The summed E-state index contributed by atoms with van der Waals surface area (Å²) in [6.45, 7) is 5.35. The van der Waals surface area contributed by atoms with Gasteiger partial charge in [-0.3, -0.25) is 9.48 Å². The zero-order valence-corrected chi connectivity index (χ0v) is 15.2. The first-order valence-electron chi connectivity index (χ1n) is 7.31. The van der Waals surface area contributed by atoms with Crippen LogP contribution >= 0.6 is 24.8 Å². The SMILES string of the molecule is Cc1cc(C(=O)N2CC(CN)CC2C)c2cnn(C)c2n1.Cl.Cl. The summed E-state index contributed by atoms with van der Waals surface area (Å²) in [5, 5.41) is 5.04. The van der Waals surface area contributed by atoms with Gasteiger partial charge in [0.2, 0.25) is 0 Å². The summed E-state index contributed by atoms with van der Waals surface area (Å²) in [6.07, 6.45) is 2.69. The highest BCUT2D eigenvalue weighted by Gasteiger charge is 2.33. The standard InChI is InChI=1S/C15H21N5O.2ClH/c1-9-4-12(13-7-17-19(3)14(13)18-9)15(21)20-8-11(6-16)5-10(20)2;;/h4,7,10-11H,5-6,8,16H2,1-3H3;2*1H. The van der Waals surface area contributed by atoms with Crippen molar-refractivity contribution in [2.45, 2.75) is 26.3 Å². The van der Waals surface area contributed by atoms with E-state index in [1.165, 1.54) is 0 Å². The topological polar surface area (TPSA) is 77.0 Å². The largest absolute Gasteiger partial charge is 0.336 e. The molecule has 2 N–H and O–H groups in total. The van der Waals surface area contributed by atoms with Crippen LogP contribution in [0.4, 0.5) is 0 Å². The van der Waals surface area contributed by atoms with Crippen LogP contribution in [0.5, 0.6) is 0 Å². The number of carbonyl (C=O) groups is 1. The lowest BCUT2D eigenvalue weighted by Gasteiger charge is -2.22. The van der Waals surface area contributed by atoms with Crippen molar-refractivity contribution in [2.75, 3.05) is 13.1 Å². The van der Waals surface area contributed by atoms with Crippen molar-refractivity contribution in [2.24, 2.45) is 18.7 Å². The predicted octanol–water partition coefficient (Wildman–Crippen LogP) is 1.93. The minimum Gasteiger partial charge on any atom is -0.336 e. The minimum atomic E-state index is 0. The highest BCUT2D eigenvalue weighted by atomic mass is 35.5. The monoisotopic (exact) mass is 359 g/mol. The Morgan fingerprint density at radius 1 is 1.43 bits per heavy atom. The van der Waals surface area contributed by atoms with Crippen molar-refractivity contribution in [1.29, 1.82) is 0 Å². The lowest BCUT2D eigenvalue weighted by atomic mass is 10.1. The van der Waals surface area contributed by atoms with Crippen LogP contribution in [-0.4, -0.2) is 44.7 Å². The smallest absolute Gasteiger partial charge is 0.254 e. The van der Waals surface area contributed by atoms with E-state index >= 15 is 0 Å². The van der Waals surface area contributed by atoms with Gasteiger partial charge in [-0.1, -0.05) is 0 Å². The van der Waals surface area contributed by atoms with Gasteiger partial charge in [0.05, 0.1) is 17.1 Å². The maximum atomic E-state index is 12.9. The van der Waals surface area contributed by atoms with Gasteiger partial charge in [0.15, 0.2) is 5.65 Å². The first-order chi connectivity index (χ1) is 10.0. The van der Waals surface area contributed by atoms with E-state index in [0.29, 0.717) is 18.0 Å². The third kappa shape index (κ3) is 3.44. The number of amides is 1. The van der Waals surface area contributed by atoms with Gasteiger partial charge in [-0.05, 0) is 38.8 Å². The molecule has 1 aliphatic heterocycles. The van der Waals surface area contributed by atoms with E-state index in [4.69, 9.17) is 5.73 Å². The number of aryl methyl sites for hydroxylation is 2. The first kappa shape index (κ1) is 19.7. The van der Waals surface area contributed by atoms with Crippen molar-refractivity contribution in [3.63, 3.8) is 0 Å². The summed E-state index contributed by atoms with van der Waals surface area (Å²) in [7, 11) is 1.84. The fraction of sp³-hybridized carbons (Fsp3) is 0.533. The van der Waals surface area contributed by atoms with Crippen molar-refractivity contribution in [3.05, 3.63) is 23.5 Å². The Hall–Kier alpha value is -1.37. The summed E-state index contributed by atoms with van der Waals surface area (Å²) in [5.41, 5.74) is 8.02. The molecule has 0 spiro atoms. The number of nitrogens with two attached hydrogens (primary N) is 1. The van der Waals surface area contributed by atoms with Gasteiger partial charge >= 0.3 is 0 Å². The Labute approximate surface area is 148 Å². The molecule has 2 aromatic rings. The van der Waals surface area contributed by atoms with Gasteiger partial charge in [-0.25, -0.2) is 4.98 Å². The van der Waals surface area contributed by atoms with Gasteiger partial charge in [-0.15, -0.1) is 24.8 Å². The summed E-state index contributed by atoms with van der Waals surface area (Å²) >= 11 is 0. The van der Waals surface area contributed by atoms with E-state index < -0.39 is 0 Å². The Morgan fingerprint density at radius 2 is 2.13 bits per heavy atom. The normalized spacial score (nSPS) is 20.3. The van der Waals surface area contributed by atoms with E-state index in [0.717, 1.165) is 29.7 Å². The average Bonchev–Trinajstić information content (AvgIpc) is 3.01. The summed E-state index contributed by atoms with van der Waals surface area (Å²) in [5.74, 6) is 0.457. The van der Waals surface area contributed by atoms with Gasteiger partial charge < -0.3 is 10.6 Å². The zero-order chi connectivity index (χ0) is 15.1. The molecule has 8 heteroatoms. The summed E-state index contributed by atoms with van der Waals surface area (Å²) in [6, 6.07) is 2.08. The van der Waals surface area contributed by atoms with Gasteiger partial charge in [-0.2, -0.15) is 5.10 Å². The van der Waals surface area contributed by atoms with Crippen molar-refractivity contribution < 1.29 is 4.79 Å². The molecule has 1 fully saturated rings. The third-order valence-corrected chi connectivity index (χ3v) is 4.32. The molecule has 2 atom stereocenters. The molecule has 0 bridgehead atoms. The first-order valence-corrected chi connectivity index (χ1v) is 7.31. The molecular formula is C15H23Cl2N5O. The minimum absolute atomic E-state index is 0. The van der Waals surface area contributed by atoms with E-state index in [-0.39, 0.29) is 36.8 Å². The molecule has 3 heterocycles. The number of halogens is 2. The number of aromatic nitrogens is 3. The summed E-state index contributed by atoms with van der Waals surface area (Å²) in [4.78, 5) is 19.3. The molecule has 3 rings (SSSR count). The predicted molar refractivity (Wildman–Crippen MR) is 95.4 cm³/mol. The third-order valence-electron chi connectivity index (χ3n) is 4.32. The molecule has 1 saturated heterocycles. The number of hydrogen-bond donors (Lipinski definition) is 1. The zero-order valence-electron chi connectivity index (χ0n) is 13.5. The molecule has 0 aliphatic carbocycles. The quantitative estimate of drug-likeness (QED) is 0.888. The van der Waals surface area contributed by atoms with E-state index in [1.54, 1.807) is 10.9 Å². The van der Waals surface area contributed by atoms with Crippen LogP contribution < -0.4 is 5.73 Å². The lowest BCUT2D eigenvalue weighted by Crippen LogP contribution is -2.34. The number of rotatable bonds is 2. The number of carbonyl (C=O) groups excluding carboxylic acids is 1. The fourth-order valence-corrected chi connectivity index (χ4v) is 3.17. The van der Waals surface area contributed by atoms with Gasteiger partial charge in [0.25, 0.3) is 5.91 Å². The highest BCUT2D eigenvalue weighted by Crippen LogP contribution is 2.26. The van der Waals surface area contributed by atoms with Crippen LogP contribution in [0.15, 0.2) is 12.3 Å². The Bertz CT molecular complexity index is 702. The summed E-state index contributed by atoms with van der Waals surface area (Å²) < 4.78 is 1.70. The fourth-order valence-electron chi connectivity index (χ4n) is 3.17. The second kappa shape index (κ2) is 7.47. The number of pyridine rings is 1. The number of hydrogen-bond acceptors (Lipinski definition) is 4. The van der Waals surface area contributed by atoms with Crippen LogP contribution in [-0.2, 0) is 7.05 Å². The maximum absolute atomic E-state index is 12.9. The molecule has 0 radical (unpaired) electrons. The van der Waals surface area contributed by atoms with E-state index in [1.807, 2.05) is 24.9 Å². The Morgan fingerprint density at radius 3 is 2.74 bits per heavy atom. The molecule has 1 aliphatic rings. The molecule has 0 aromatic carbocycles. The highest BCUT2D eigenvalue weighted by molar-refractivity contribution is 6.05. The van der Waals surface area contributed by atoms with Crippen molar-refractivity contribution in [3.8, 4) is 0 Å². The Balaban J connectivity index is 0.00000132. The van der Waals surface area contributed by atoms with Crippen LogP contribution in [0, 0.1) is 12.8 Å². The maximum Gasteiger partial charge on any atom is 0.254 e. The van der Waals surface area contributed by atoms with Gasteiger partial charge in [0, 0.05) is 25.3 Å². The number of nitrogens with zero attached hydrogens (tertiary/aromatic N) is 4. The number of fused-ring (bicyclic) bond motifs is 1. The van der Waals surface area contributed by atoms with Crippen LogP contribution in [0.2, 0.25) is 0 Å². The molecule has 6 nitrogen and oxygen atoms in total. The van der Waals surface area contributed by atoms with E-state index in [9.17, 15) is 4.79 Å². The number of likely N-dealkylation sites (tertiary alicyclic amines) is 1. The molecule has 2 unspecified atom stereocenters. The second-order valence-electron chi connectivity index (χ2n) is 5.96. The van der Waals surface area contributed by atoms with Crippen molar-refractivity contribution in [1.82, 2.24) is 19.7 Å². The van der Waals surface area contributed by atoms with Crippen LogP contribution in [0.1, 0.15) is 29.4 Å². The Kier molecular flexibility index (Phi) is 6.39. The van der Waals surface area contributed by atoms with Crippen LogP contribution in [0.25, 0.3) is 11.0 Å². The second-order valence-corrected chi connectivity index (χ2v) is 5.96. The van der Waals surface area contributed by atoms with E-state index in [2.05, 4.69) is 17.0 Å². The van der Waals surface area contributed by atoms with Crippen LogP contribution in [0.3, 0.4) is 0 Å². The lowest BCUT2D eigenvalue weighted by molar-refractivity contribution is 0.0745. The molecule has 2 aromatic heterocycles. The van der Waals surface area contributed by atoms with Gasteiger partial charge in [0.1, 0.15) is 0 Å². The average molecular weight is 360 g/mol. The molecule has 0 saturated carbocycles. The molecular weight excluding hydrogens is 337 g/mol. The molecule has 1 amide bonds.